The highest BCUT2D eigenvalue weighted by atomic mass is 15.3. The quantitative estimate of drug-likeness (QED) is 0.757. The molecule has 7 nitrogen and oxygen atoms in total. The summed E-state index contributed by atoms with van der Waals surface area (Å²) in [6, 6.07) is 10.7. The molecule has 3 heterocycles. The smallest absolute Gasteiger partial charge is 0.165 e. The Bertz CT molecular complexity index is 866. The third-order valence-corrected chi connectivity index (χ3v) is 4.97. The van der Waals surface area contributed by atoms with E-state index in [0.29, 0.717) is 17.2 Å². The molecule has 0 atom stereocenters. The number of para-hydroxylation sites is 1. The number of anilines is 2. The molecule has 0 amide bonds. The second-order valence-corrected chi connectivity index (χ2v) is 6.78. The van der Waals surface area contributed by atoms with Crippen molar-refractivity contribution in [3.63, 3.8) is 0 Å². The second-order valence-electron chi connectivity index (χ2n) is 6.78. The SMILES string of the molecule is Cc1nc(N)c2ncn(CCCN3CCN(c4ccccc4)CC3)c2n1. The summed E-state index contributed by atoms with van der Waals surface area (Å²) in [5, 5.41) is 0. The van der Waals surface area contributed by atoms with Crippen molar-refractivity contribution in [3.8, 4) is 0 Å². The van der Waals surface area contributed by atoms with Gasteiger partial charge in [-0.2, -0.15) is 0 Å². The molecule has 7 heteroatoms. The van der Waals surface area contributed by atoms with Gasteiger partial charge in [0.2, 0.25) is 0 Å². The van der Waals surface area contributed by atoms with Crippen LogP contribution < -0.4 is 10.6 Å². The number of nitrogen functional groups attached to an aromatic ring is 1. The molecule has 0 bridgehead atoms. The molecule has 0 spiro atoms. The zero-order chi connectivity index (χ0) is 17.9. The minimum absolute atomic E-state index is 0.461. The van der Waals surface area contributed by atoms with Crippen LogP contribution >= 0.6 is 0 Å². The molecular weight excluding hydrogens is 326 g/mol. The number of hydrogen-bond acceptors (Lipinski definition) is 6. The Morgan fingerprint density at radius 2 is 1.77 bits per heavy atom. The lowest BCUT2D eigenvalue weighted by Gasteiger charge is -2.36. The molecule has 26 heavy (non-hydrogen) atoms. The van der Waals surface area contributed by atoms with E-state index < -0.39 is 0 Å². The van der Waals surface area contributed by atoms with Gasteiger partial charge >= 0.3 is 0 Å². The van der Waals surface area contributed by atoms with E-state index in [-0.39, 0.29) is 0 Å². The Labute approximate surface area is 153 Å². The number of aryl methyl sites for hydroxylation is 2. The summed E-state index contributed by atoms with van der Waals surface area (Å²) in [5.41, 5.74) is 8.80. The number of hydrogen-bond donors (Lipinski definition) is 1. The number of benzene rings is 1. The van der Waals surface area contributed by atoms with E-state index in [1.165, 1.54) is 5.69 Å². The molecule has 3 aromatic rings. The zero-order valence-electron chi connectivity index (χ0n) is 15.2. The molecule has 1 aromatic carbocycles. The predicted octanol–water partition coefficient (Wildman–Crippen LogP) is 1.93. The van der Waals surface area contributed by atoms with Crippen molar-refractivity contribution in [1.82, 2.24) is 24.4 Å². The largest absolute Gasteiger partial charge is 0.382 e. The van der Waals surface area contributed by atoms with Crippen LogP contribution in [0.1, 0.15) is 12.2 Å². The van der Waals surface area contributed by atoms with Crippen molar-refractivity contribution in [2.45, 2.75) is 19.9 Å². The van der Waals surface area contributed by atoms with Gasteiger partial charge in [-0.3, -0.25) is 4.90 Å². The fourth-order valence-electron chi connectivity index (χ4n) is 3.58. The lowest BCUT2D eigenvalue weighted by Crippen LogP contribution is -2.46. The molecule has 1 fully saturated rings. The van der Waals surface area contributed by atoms with Crippen molar-refractivity contribution < 1.29 is 0 Å². The normalized spacial score (nSPS) is 15.7. The fourth-order valence-corrected chi connectivity index (χ4v) is 3.58. The van der Waals surface area contributed by atoms with Gasteiger partial charge in [-0.25, -0.2) is 15.0 Å². The topological polar surface area (TPSA) is 76.1 Å². The molecule has 1 saturated heterocycles. The van der Waals surface area contributed by atoms with E-state index in [1.54, 1.807) is 0 Å². The van der Waals surface area contributed by atoms with Gasteiger partial charge in [0.05, 0.1) is 6.33 Å². The van der Waals surface area contributed by atoms with Gasteiger partial charge in [0.25, 0.3) is 0 Å². The number of nitrogens with zero attached hydrogens (tertiary/aromatic N) is 6. The van der Waals surface area contributed by atoms with Crippen LogP contribution in [0.25, 0.3) is 11.2 Å². The van der Waals surface area contributed by atoms with Gasteiger partial charge in [0, 0.05) is 38.4 Å². The minimum Gasteiger partial charge on any atom is -0.382 e. The first kappa shape index (κ1) is 16.8. The third-order valence-electron chi connectivity index (χ3n) is 4.97. The van der Waals surface area contributed by atoms with Crippen LogP contribution in [0.15, 0.2) is 36.7 Å². The van der Waals surface area contributed by atoms with Crippen LogP contribution in [0.4, 0.5) is 11.5 Å². The van der Waals surface area contributed by atoms with Crippen molar-refractivity contribution in [1.29, 1.82) is 0 Å². The van der Waals surface area contributed by atoms with Crippen LogP contribution in [0, 0.1) is 6.92 Å². The average molecular weight is 351 g/mol. The second kappa shape index (κ2) is 7.29. The summed E-state index contributed by atoms with van der Waals surface area (Å²) < 4.78 is 2.08. The molecule has 0 saturated carbocycles. The molecule has 0 radical (unpaired) electrons. The first-order valence-corrected chi connectivity index (χ1v) is 9.18. The Morgan fingerprint density at radius 1 is 1.00 bits per heavy atom. The molecule has 136 valence electrons. The van der Waals surface area contributed by atoms with E-state index in [1.807, 2.05) is 13.3 Å². The Hall–Kier alpha value is -2.67. The van der Waals surface area contributed by atoms with Crippen LogP contribution in [0.2, 0.25) is 0 Å². The van der Waals surface area contributed by atoms with Crippen LogP contribution in [0.5, 0.6) is 0 Å². The summed E-state index contributed by atoms with van der Waals surface area (Å²) in [5.74, 6) is 1.15. The van der Waals surface area contributed by atoms with Crippen LogP contribution in [0.3, 0.4) is 0 Å². The summed E-state index contributed by atoms with van der Waals surface area (Å²) in [6.07, 6.45) is 2.89. The summed E-state index contributed by atoms with van der Waals surface area (Å²) in [7, 11) is 0. The lowest BCUT2D eigenvalue weighted by atomic mass is 10.2. The standard InChI is InChI=1S/C19H25N7/c1-15-22-18(20)17-19(23-15)26(14-21-17)9-5-8-24-10-12-25(13-11-24)16-6-3-2-4-7-16/h2-4,6-7,14H,5,8-13H2,1H3,(H2,20,22,23). The highest BCUT2D eigenvalue weighted by Crippen LogP contribution is 2.17. The summed E-state index contributed by atoms with van der Waals surface area (Å²) >= 11 is 0. The van der Waals surface area contributed by atoms with E-state index >= 15 is 0 Å². The average Bonchev–Trinajstić information content (AvgIpc) is 3.06. The highest BCUT2D eigenvalue weighted by Gasteiger charge is 2.17. The molecule has 2 N–H and O–H groups in total. The van der Waals surface area contributed by atoms with Gasteiger partial charge in [-0.1, -0.05) is 18.2 Å². The number of nitrogens with two attached hydrogens (primary N) is 1. The number of piperazine rings is 1. The first-order chi connectivity index (χ1) is 12.7. The Kier molecular flexibility index (Phi) is 4.71. The number of fused-ring (bicyclic) bond motifs is 1. The third kappa shape index (κ3) is 3.48. The molecular formula is C19H25N7. The first-order valence-electron chi connectivity index (χ1n) is 9.18. The van der Waals surface area contributed by atoms with Crippen LogP contribution in [-0.4, -0.2) is 57.1 Å². The molecule has 0 unspecified atom stereocenters. The van der Waals surface area contributed by atoms with Crippen molar-refractivity contribution in [2.24, 2.45) is 0 Å². The van der Waals surface area contributed by atoms with Gasteiger partial charge in [-0.05, 0) is 32.0 Å². The Balaban J connectivity index is 1.30. The van der Waals surface area contributed by atoms with E-state index in [2.05, 4.69) is 59.7 Å². The summed E-state index contributed by atoms with van der Waals surface area (Å²) in [4.78, 5) is 18.0. The minimum atomic E-state index is 0.461. The van der Waals surface area contributed by atoms with E-state index in [9.17, 15) is 0 Å². The maximum absolute atomic E-state index is 5.94. The van der Waals surface area contributed by atoms with Crippen molar-refractivity contribution >= 4 is 22.7 Å². The van der Waals surface area contributed by atoms with E-state index in [0.717, 1.165) is 51.3 Å². The monoisotopic (exact) mass is 351 g/mol. The van der Waals surface area contributed by atoms with Gasteiger partial charge in [0.1, 0.15) is 11.3 Å². The molecule has 2 aromatic heterocycles. The van der Waals surface area contributed by atoms with Crippen molar-refractivity contribution in [2.75, 3.05) is 43.4 Å². The zero-order valence-corrected chi connectivity index (χ0v) is 15.2. The van der Waals surface area contributed by atoms with Crippen molar-refractivity contribution in [3.05, 3.63) is 42.5 Å². The Morgan fingerprint density at radius 3 is 2.54 bits per heavy atom. The van der Waals surface area contributed by atoms with Crippen LogP contribution in [-0.2, 0) is 6.54 Å². The fraction of sp³-hybridized carbons (Fsp3) is 0.421. The van der Waals surface area contributed by atoms with Gasteiger partial charge < -0.3 is 15.2 Å². The number of rotatable bonds is 5. The van der Waals surface area contributed by atoms with Gasteiger partial charge in [0.15, 0.2) is 11.5 Å². The molecule has 1 aliphatic heterocycles. The predicted molar refractivity (Wildman–Crippen MR) is 104 cm³/mol. The van der Waals surface area contributed by atoms with Gasteiger partial charge in [-0.15, -0.1) is 0 Å². The maximum atomic E-state index is 5.94. The molecule has 4 rings (SSSR count). The number of imidazole rings is 1. The molecule has 1 aliphatic rings. The van der Waals surface area contributed by atoms with E-state index in [4.69, 9.17) is 5.73 Å². The lowest BCUT2D eigenvalue weighted by molar-refractivity contribution is 0.251. The molecule has 0 aliphatic carbocycles. The highest BCUT2D eigenvalue weighted by molar-refractivity contribution is 5.81. The summed E-state index contributed by atoms with van der Waals surface area (Å²) in [6.45, 7) is 8.22. The number of aromatic nitrogens is 4. The maximum Gasteiger partial charge on any atom is 0.165 e.